The van der Waals surface area contributed by atoms with Crippen LogP contribution in [0.2, 0.25) is 15.1 Å². The van der Waals surface area contributed by atoms with Gasteiger partial charge in [0.15, 0.2) is 5.75 Å². The number of benzene rings is 2. The van der Waals surface area contributed by atoms with Crippen molar-refractivity contribution in [3.8, 4) is 11.5 Å². The third kappa shape index (κ3) is 5.19. The molecule has 0 bridgehead atoms. The van der Waals surface area contributed by atoms with Gasteiger partial charge < -0.3 is 9.84 Å². The highest BCUT2D eigenvalue weighted by atomic mass is 35.5. The van der Waals surface area contributed by atoms with E-state index in [1.807, 2.05) is 24.3 Å². The van der Waals surface area contributed by atoms with Crippen molar-refractivity contribution in [2.75, 3.05) is 12.4 Å². The Kier molecular flexibility index (Phi) is 6.37. The van der Waals surface area contributed by atoms with Gasteiger partial charge in [-0.25, -0.2) is 0 Å². The van der Waals surface area contributed by atoms with Crippen LogP contribution >= 0.6 is 46.6 Å². The smallest absolute Gasteiger partial charge is 0.156 e. The van der Waals surface area contributed by atoms with Crippen molar-refractivity contribution in [1.29, 1.82) is 0 Å². The Morgan fingerprint density at radius 1 is 1.05 bits per heavy atom. The maximum absolute atomic E-state index is 9.34. The highest BCUT2D eigenvalue weighted by Crippen LogP contribution is 2.36. The molecule has 0 heterocycles. The molecule has 0 aromatic heterocycles. The summed E-state index contributed by atoms with van der Waals surface area (Å²) in [5.74, 6) is 1.32. The summed E-state index contributed by atoms with van der Waals surface area (Å²) in [6.07, 6.45) is 0.838. The molecule has 0 fully saturated rings. The Hall–Kier alpha value is -0.740. The molecule has 2 rings (SSSR count). The number of rotatable bonds is 6. The molecular formula is C15H13Cl3O2S. The van der Waals surface area contributed by atoms with Crippen LogP contribution in [0.25, 0.3) is 0 Å². The lowest BCUT2D eigenvalue weighted by atomic mass is 10.3. The molecule has 1 N–H and O–H groups in total. The summed E-state index contributed by atoms with van der Waals surface area (Å²) in [5, 5.41) is 10.7. The topological polar surface area (TPSA) is 29.5 Å². The van der Waals surface area contributed by atoms with Crippen LogP contribution in [0, 0.1) is 0 Å². The van der Waals surface area contributed by atoms with Crippen LogP contribution in [-0.2, 0) is 0 Å². The summed E-state index contributed by atoms with van der Waals surface area (Å²) in [4.78, 5) is 1.13. The molecule has 0 radical (unpaired) electrons. The van der Waals surface area contributed by atoms with Crippen LogP contribution in [0.5, 0.6) is 11.5 Å². The molecule has 2 aromatic carbocycles. The van der Waals surface area contributed by atoms with Gasteiger partial charge in [-0.05, 0) is 24.6 Å². The van der Waals surface area contributed by atoms with Crippen molar-refractivity contribution in [2.45, 2.75) is 11.3 Å². The van der Waals surface area contributed by atoms with E-state index in [0.717, 1.165) is 22.1 Å². The van der Waals surface area contributed by atoms with Gasteiger partial charge in [0.1, 0.15) is 5.75 Å². The van der Waals surface area contributed by atoms with Crippen molar-refractivity contribution < 1.29 is 9.84 Å². The number of aromatic hydroxyl groups is 1. The fourth-order valence-corrected chi connectivity index (χ4v) is 3.39. The molecule has 0 aliphatic heterocycles. The van der Waals surface area contributed by atoms with Crippen molar-refractivity contribution >= 4 is 46.6 Å². The molecule has 2 nitrogen and oxygen atoms in total. The molecule has 0 spiro atoms. The summed E-state index contributed by atoms with van der Waals surface area (Å²) < 4.78 is 5.57. The predicted molar refractivity (Wildman–Crippen MR) is 90.4 cm³/mol. The molecule has 0 amide bonds. The van der Waals surface area contributed by atoms with E-state index in [0.29, 0.717) is 22.4 Å². The molecule has 0 unspecified atom stereocenters. The van der Waals surface area contributed by atoms with Crippen molar-refractivity contribution in [1.82, 2.24) is 0 Å². The van der Waals surface area contributed by atoms with Gasteiger partial charge in [-0.2, -0.15) is 0 Å². The van der Waals surface area contributed by atoms with Gasteiger partial charge in [-0.1, -0.05) is 40.9 Å². The van der Waals surface area contributed by atoms with Crippen LogP contribution < -0.4 is 4.74 Å². The number of phenols is 1. The monoisotopic (exact) mass is 362 g/mol. The predicted octanol–water partition coefficient (Wildman–Crippen LogP) is 5.91. The second-order valence-corrected chi connectivity index (χ2v) is 6.67. The zero-order valence-electron chi connectivity index (χ0n) is 11.0. The Morgan fingerprint density at radius 3 is 2.43 bits per heavy atom. The van der Waals surface area contributed by atoms with Crippen LogP contribution in [-0.4, -0.2) is 17.5 Å². The van der Waals surface area contributed by atoms with Gasteiger partial charge in [0.2, 0.25) is 0 Å². The number of phenolic OH excluding ortho intramolecular Hbond substituents is 1. The van der Waals surface area contributed by atoms with Crippen molar-refractivity contribution in [2.24, 2.45) is 0 Å². The van der Waals surface area contributed by atoms with Crippen LogP contribution in [0.1, 0.15) is 6.42 Å². The number of hydrogen-bond donors (Lipinski definition) is 1. The van der Waals surface area contributed by atoms with E-state index >= 15 is 0 Å². The van der Waals surface area contributed by atoms with Crippen molar-refractivity contribution in [3.05, 3.63) is 51.5 Å². The minimum atomic E-state index is 0.0221. The number of hydrogen-bond acceptors (Lipinski definition) is 3. The van der Waals surface area contributed by atoms with Crippen LogP contribution in [0.3, 0.4) is 0 Å². The van der Waals surface area contributed by atoms with Crippen molar-refractivity contribution in [3.63, 3.8) is 0 Å². The van der Waals surface area contributed by atoms with Gasteiger partial charge in [-0.15, -0.1) is 11.8 Å². The standard InChI is InChI=1S/C15H13Cl3O2S/c16-10-3-1-4-12(7-10)21-6-2-5-20-15-13(17)8-11(19)9-14(15)18/h1,3-4,7-9,19H,2,5-6H2. The molecule has 6 heteroatoms. The SMILES string of the molecule is Oc1cc(Cl)c(OCCCSc2cccc(Cl)c2)c(Cl)c1. The van der Waals surface area contributed by atoms with Gasteiger partial charge in [0.25, 0.3) is 0 Å². The average molecular weight is 364 g/mol. The minimum Gasteiger partial charge on any atom is -0.508 e. The Morgan fingerprint density at radius 2 is 1.76 bits per heavy atom. The lowest BCUT2D eigenvalue weighted by Crippen LogP contribution is -1.99. The number of halogens is 3. The maximum atomic E-state index is 9.34. The molecule has 0 atom stereocenters. The molecule has 0 aliphatic carbocycles. The molecule has 21 heavy (non-hydrogen) atoms. The second-order valence-electron chi connectivity index (χ2n) is 4.25. The van der Waals surface area contributed by atoms with Gasteiger partial charge in [0.05, 0.1) is 16.7 Å². The minimum absolute atomic E-state index is 0.0221. The third-order valence-corrected chi connectivity index (χ3v) is 4.46. The highest BCUT2D eigenvalue weighted by Gasteiger charge is 2.09. The van der Waals surface area contributed by atoms with Gasteiger partial charge in [-0.3, -0.25) is 0 Å². The molecule has 0 aliphatic rings. The van der Waals surface area contributed by atoms with Gasteiger partial charge in [0, 0.05) is 27.8 Å². The highest BCUT2D eigenvalue weighted by molar-refractivity contribution is 7.99. The maximum Gasteiger partial charge on any atom is 0.156 e. The second kappa shape index (κ2) is 8.04. The first kappa shape index (κ1) is 16.6. The Balaban J connectivity index is 1.78. The zero-order chi connectivity index (χ0) is 15.2. The third-order valence-electron chi connectivity index (χ3n) is 2.58. The van der Waals surface area contributed by atoms with Gasteiger partial charge >= 0.3 is 0 Å². The lowest BCUT2D eigenvalue weighted by Gasteiger charge is -2.10. The van der Waals surface area contributed by atoms with E-state index in [1.54, 1.807) is 11.8 Å². The fourth-order valence-electron chi connectivity index (χ4n) is 1.66. The van der Waals surface area contributed by atoms with E-state index in [9.17, 15) is 5.11 Å². The van der Waals surface area contributed by atoms with E-state index in [-0.39, 0.29) is 5.75 Å². The molecule has 112 valence electrons. The van der Waals surface area contributed by atoms with E-state index in [4.69, 9.17) is 39.5 Å². The summed E-state index contributed by atoms with van der Waals surface area (Å²) in [5.41, 5.74) is 0. The van der Waals surface area contributed by atoms with E-state index in [2.05, 4.69) is 0 Å². The van der Waals surface area contributed by atoms with E-state index < -0.39 is 0 Å². The number of ether oxygens (including phenoxy) is 1. The summed E-state index contributed by atoms with van der Waals surface area (Å²) in [7, 11) is 0. The summed E-state index contributed by atoms with van der Waals surface area (Å²) >= 11 is 19.6. The molecular weight excluding hydrogens is 351 g/mol. The largest absolute Gasteiger partial charge is 0.508 e. The lowest BCUT2D eigenvalue weighted by molar-refractivity contribution is 0.318. The van der Waals surface area contributed by atoms with Crippen LogP contribution in [0.15, 0.2) is 41.3 Å². The summed E-state index contributed by atoms with van der Waals surface area (Å²) in [6.45, 7) is 0.498. The molecule has 0 saturated carbocycles. The normalized spacial score (nSPS) is 10.6. The van der Waals surface area contributed by atoms with Crippen LogP contribution in [0.4, 0.5) is 0 Å². The molecule has 2 aromatic rings. The van der Waals surface area contributed by atoms with E-state index in [1.165, 1.54) is 12.1 Å². The first-order valence-electron chi connectivity index (χ1n) is 6.25. The molecule has 0 saturated heterocycles. The Bertz CT molecular complexity index is 597. The Labute approximate surface area is 143 Å². The zero-order valence-corrected chi connectivity index (χ0v) is 14.1. The first-order valence-corrected chi connectivity index (χ1v) is 8.37. The number of thioether (sulfide) groups is 1. The quantitative estimate of drug-likeness (QED) is 0.510. The first-order chi connectivity index (χ1) is 10.1. The fraction of sp³-hybridized carbons (Fsp3) is 0.200. The average Bonchev–Trinajstić information content (AvgIpc) is 2.41. The summed E-state index contributed by atoms with van der Waals surface area (Å²) in [6, 6.07) is 10.5.